The van der Waals surface area contributed by atoms with E-state index in [1.165, 1.54) is 19.3 Å². The lowest BCUT2D eigenvalue weighted by Gasteiger charge is -2.12. The molecule has 0 fully saturated rings. The van der Waals surface area contributed by atoms with E-state index in [1.807, 2.05) is 0 Å². The molecule has 128 valence electrons. The number of carbonyl (C=O) groups excluding carboxylic acids is 1. The molecule has 0 atom stereocenters. The number of hydrogen-bond acceptors (Lipinski definition) is 5. The number of aromatic nitrogens is 1. The van der Waals surface area contributed by atoms with Gasteiger partial charge in [0.05, 0.1) is 11.3 Å². The average Bonchev–Trinajstić information content (AvgIpc) is 2.55. The number of pyridine rings is 1. The second kappa shape index (κ2) is 7.61. The summed E-state index contributed by atoms with van der Waals surface area (Å²) in [5.74, 6) is -0.482. The topological polar surface area (TPSA) is 114 Å². The van der Waals surface area contributed by atoms with Crippen LogP contribution in [0.5, 0.6) is 0 Å². The maximum atomic E-state index is 11.8. The first-order valence-electron chi connectivity index (χ1n) is 7.01. The molecule has 1 amide bonds. The van der Waals surface area contributed by atoms with Crippen LogP contribution < -0.4 is 15.8 Å². The van der Waals surface area contributed by atoms with Crippen LogP contribution >= 0.6 is 11.6 Å². The van der Waals surface area contributed by atoms with Gasteiger partial charge in [-0.25, -0.2) is 18.1 Å². The van der Waals surface area contributed by atoms with Gasteiger partial charge in [0, 0.05) is 24.0 Å². The van der Waals surface area contributed by atoms with Gasteiger partial charge in [-0.15, -0.1) is 0 Å². The van der Waals surface area contributed by atoms with E-state index in [0.29, 0.717) is 17.8 Å². The monoisotopic (exact) mass is 368 g/mol. The van der Waals surface area contributed by atoms with Crippen LogP contribution in [-0.2, 0) is 27.8 Å². The molecule has 4 N–H and O–H groups in total. The lowest BCUT2D eigenvalue weighted by molar-refractivity contribution is -0.117. The van der Waals surface area contributed by atoms with Crippen LogP contribution in [0.2, 0.25) is 5.15 Å². The molecule has 0 aliphatic rings. The number of primary amides is 1. The van der Waals surface area contributed by atoms with E-state index in [4.69, 9.17) is 17.3 Å². The summed E-state index contributed by atoms with van der Waals surface area (Å²) in [6.45, 7) is 0.346. The third-order valence-electron chi connectivity index (χ3n) is 3.28. The Hall–Kier alpha value is -2.16. The van der Waals surface area contributed by atoms with Gasteiger partial charge in [0.15, 0.2) is 0 Å². The Morgan fingerprint density at radius 2 is 2.08 bits per heavy atom. The van der Waals surface area contributed by atoms with E-state index in [1.54, 1.807) is 24.3 Å². The van der Waals surface area contributed by atoms with Gasteiger partial charge in [-0.1, -0.05) is 23.7 Å². The molecular weight excluding hydrogens is 352 g/mol. The van der Waals surface area contributed by atoms with E-state index in [2.05, 4.69) is 15.0 Å². The molecule has 1 heterocycles. The third kappa shape index (κ3) is 4.67. The Balaban J connectivity index is 2.21. The fraction of sp³-hybridized carbons (Fsp3) is 0.200. The maximum Gasteiger partial charge on any atom is 0.240 e. The number of nitrogens with zero attached hydrogens (tertiary/aromatic N) is 1. The summed E-state index contributed by atoms with van der Waals surface area (Å²) in [6, 6.07) is 8.11. The summed E-state index contributed by atoms with van der Waals surface area (Å²) in [5.41, 5.74) is 7.21. The van der Waals surface area contributed by atoms with Crippen molar-refractivity contribution in [3.05, 3.63) is 52.8 Å². The average molecular weight is 369 g/mol. The fourth-order valence-electron chi connectivity index (χ4n) is 2.09. The van der Waals surface area contributed by atoms with Gasteiger partial charge in [-0.05, 0) is 30.8 Å². The molecule has 0 unspecified atom stereocenters. The van der Waals surface area contributed by atoms with Gasteiger partial charge in [-0.2, -0.15) is 0 Å². The van der Waals surface area contributed by atoms with Crippen molar-refractivity contribution in [3.63, 3.8) is 0 Å². The van der Waals surface area contributed by atoms with E-state index in [-0.39, 0.29) is 16.5 Å². The summed E-state index contributed by atoms with van der Waals surface area (Å²) in [6.07, 6.45) is 1.51. The number of halogens is 1. The number of benzene rings is 1. The quantitative estimate of drug-likeness (QED) is 0.637. The normalized spacial score (nSPS) is 11.2. The minimum absolute atomic E-state index is 0.0284. The molecule has 0 spiro atoms. The highest BCUT2D eigenvalue weighted by Gasteiger charge is 2.12. The maximum absolute atomic E-state index is 11.8. The predicted molar refractivity (Wildman–Crippen MR) is 92.2 cm³/mol. The van der Waals surface area contributed by atoms with Gasteiger partial charge >= 0.3 is 0 Å². The molecule has 1 aromatic carbocycles. The summed E-state index contributed by atoms with van der Waals surface area (Å²) in [5, 5.41) is 3.40. The van der Waals surface area contributed by atoms with Crippen molar-refractivity contribution >= 4 is 33.2 Å². The Labute approximate surface area is 145 Å². The molecule has 24 heavy (non-hydrogen) atoms. The van der Waals surface area contributed by atoms with Crippen LogP contribution in [-0.4, -0.2) is 26.4 Å². The first kappa shape index (κ1) is 18.2. The lowest BCUT2D eigenvalue weighted by atomic mass is 10.1. The molecule has 2 rings (SSSR count). The Morgan fingerprint density at radius 3 is 2.75 bits per heavy atom. The number of sulfonamides is 1. The van der Waals surface area contributed by atoms with Crippen LogP contribution in [0.1, 0.15) is 11.1 Å². The number of hydrogen-bond donors (Lipinski definition) is 3. The van der Waals surface area contributed by atoms with Gasteiger partial charge < -0.3 is 11.1 Å². The molecule has 1 aromatic heterocycles. The zero-order valence-electron chi connectivity index (χ0n) is 12.9. The van der Waals surface area contributed by atoms with E-state index >= 15 is 0 Å². The molecular formula is C15H17ClN4O3S. The largest absolute Gasteiger partial charge is 0.381 e. The second-order valence-electron chi connectivity index (χ2n) is 5.02. The summed E-state index contributed by atoms with van der Waals surface area (Å²) >= 11 is 5.88. The molecule has 0 saturated heterocycles. The minimum Gasteiger partial charge on any atom is -0.381 e. The van der Waals surface area contributed by atoms with E-state index < -0.39 is 15.9 Å². The Kier molecular flexibility index (Phi) is 5.76. The van der Waals surface area contributed by atoms with Crippen LogP contribution in [0.3, 0.4) is 0 Å². The first-order chi connectivity index (χ1) is 11.3. The number of amides is 1. The molecule has 0 saturated carbocycles. The van der Waals surface area contributed by atoms with Crippen LogP contribution in [0.25, 0.3) is 0 Å². The minimum atomic E-state index is -3.50. The van der Waals surface area contributed by atoms with Crippen LogP contribution in [0, 0.1) is 0 Å². The van der Waals surface area contributed by atoms with Crippen molar-refractivity contribution < 1.29 is 13.2 Å². The Morgan fingerprint density at radius 1 is 1.33 bits per heavy atom. The number of anilines is 1. The third-order valence-corrected chi connectivity index (χ3v) is 4.90. The van der Waals surface area contributed by atoms with E-state index in [0.717, 1.165) is 5.56 Å². The van der Waals surface area contributed by atoms with Crippen molar-refractivity contribution in [1.82, 2.24) is 9.71 Å². The summed E-state index contributed by atoms with van der Waals surface area (Å²) in [7, 11) is -2.15. The smallest absolute Gasteiger partial charge is 0.240 e. The highest BCUT2D eigenvalue weighted by Crippen LogP contribution is 2.20. The van der Waals surface area contributed by atoms with Crippen molar-refractivity contribution in [2.45, 2.75) is 17.9 Å². The zero-order valence-corrected chi connectivity index (χ0v) is 14.5. The molecule has 0 aliphatic heterocycles. The SMILES string of the molecule is CNS(=O)(=O)c1cccc(CNc2cc(Cl)ncc2CC(N)=O)c1. The highest BCUT2D eigenvalue weighted by atomic mass is 35.5. The van der Waals surface area contributed by atoms with Gasteiger partial charge in [-0.3, -0.25) is 4.79 Å². The summed E-state index contributed by atoms with van der Waals surface area (Å²) in [4.78, 5) is 15.2. The van der Waals surface area contributed by atoms with Crippen LogP contribution in [0.4, 0.5) is 5.69 Å². The van der Waals surface area contributed by atoms with Crippen molar-refractivity contribution in [2.75, 3.05) is 12.4 Å². The fourth-order valence-corrected chi connectivity index (χ4v) is 3.05. The second-order valence-corrected chi connectivity index (χ2v) is 7.29. The number of nitrogens with one attached hydrogen (secondary N) is 2. The van der Waals surface area contributed by atoms with Crippen molar-refractivity contribution in [2.24, 2.45) is 5.73 Å². The predicted octanol–water partition coefficient (Wildman–Crippen LogP) is 1.28. The van der Waals surface area contributed by atoms with Gasteiger partial charge in [0.25, 0.3) is 0 Å². The lowest BCUT2D eigenvalue weighted by Crippen LogP contribution is -2.18. The molecule has 2 aromatic rings. The Bertz CT molecular complexity index is 856. The van der Waals surface area contributed by atoms with Gasteiger partial charge in [0.1, 0.15) is 5.15 Å². The number of rotatable bonds is 7. The zero-order chi connectivity index (χ0) is 17.7. The highest BCUT2D eigenvalue weighted by molar-refractivity contribution is 7.89. The van der Waals surface area contributed by atoms with Crippen molar-refractivity contribution in [1.29, 1.82) is 0 Å². The van der Waals surface area contributed by atoms with Crippen molar-refractivity contribution in [3.8, 4) is 0 Å². The number of carbonyl (C=O) groups is 1. The molecule has 0 radical (unpaired) electrons. The van der Waals surface area contributed by atoms with Gasteiger partial charge in [0.2, 0.25) is 15.9 Å². The number of nitrogens with two attached hydrogens (primary N) is 1. The molecule has 0 bridgehead atoms. The first-order valence-corrected chi connectivity index (χ1v) is 8.87. The molecule has 7 nitrogen and oxygen atoms in total. The van der Waals surface area contributed by atoms with E-state index in [9.17, 15) is 13.2 Å². The standard InChI is InChI=1S/C15H17ClN4O3S/c1-18-24(22,23)12-4-2-3-10(5-12)8-19-13-7-14(16)20-9-11(13)6-15(17)21/h2-5,7,9,18H,6,8H2,1H3,(H2,17,21)(H,19,20). The van der Waals surface area contributed by atoms with Crippen LogP contribution in [0.15, 0.2) is 41.4 Å². The molecule has 9 heteroatoms. The summed E-state index contributed by atoms with van der Waals surface area (Å²) < 4.78 is 25.9. The molecule has 0 aliphatic carbocycles.